The van der Waals surface area contributed by atoms with Gasteiger partial charge < -0.3 is 15.2 Å². The average Bonchev–Trinajstić information content (AvgIpc) is 3.03. The van der Waals surface area contributed by atoms with Crippen LogP contribution < -0.4 is 10.1 Å². The molecule has 4 nitrogen and oxygen atoms in total. The SMILES string of the molecule is N#Cc1ccccc1OCC(O)CNCCC1CCCC1. The zero-order valence-corrected chi connectivity index (χ0v) is 12.4. The highest BCUT2D eigenvalue weighted by Crippen LogP contribution is 2.26. The van der Waals surface area contributed by atoms with Crippen LogP contribution in [-0.2, 0) is 0 Å². The molecule has 1 fully saturated rings. The van der Waals surface area contributed by atoms with E-state index in [0.29, 0.717) is 17.9 Å². The van der Waals surface area contributed by atoms with Crippen LogP contribution in [0.5, 0.6) is 5.75 Å². The fourth-order valence-electron chi connectivity index (χ4n) is 2.80. The monoisotopic (exact) mass is 288 g/mol. The van der Waals surface area contributed by atoms with Crippen LogP contribution in [0.25, 0.3) is 0 Å². The van der Waals surface area contributed by atoms with Crippen LogP contribution in [-0.4, -0.2) is 30.9 Å². The molecule has 0 aromatic heterocycles. The smallest absolute Gasteiger partial charge is 0.137 e. The Hall–Kier alpha value is -1.57. The van der Waals surface area contributed by atoms with E-state index < -0.39 is 6.10 Å². The number of ether oxygens (including phenoxy) is 1. The molecular formula is C17H24N2O2. The molecule has 114 valence electrons. The number of nitrogens with zero attached hydrogens (tertiary/aromatic N) is 1. The summed E-state index contributed by atoms with van der Waals surface area (Å²) in [5.74, 6) is 1.40. The Morgan fingerprint density at radius 1 is 1.33 bits per heavy atom. The van der Waals surface area contributed by atoms with Crippen molar-refractivity contribution >= 4 is 0 Å². The van der Waals surface area contributed by atoms with E-state index in [-0.39, 0.29) is 6.61 Å². The standard InChI is InChI=1S/C17H24N2O2/c18-11-15-7-3-4-8-17(15)21-13-16(20)12-19-10-9-14-5-1-2-6-14/h3-4,7-8,14,16,19-20H,1-2,5-6,9-10,12-13H2. The lowest BCUT2D eigenvalue weighted by atomic mass is 10.0. The minimum absolute atomic E-state index is 0.203. The Morgan fingerprint density at radius 3 is 2.86 bits per heavy atom. The number of para-hydroxylation sites is 1. The van der Waals surface area contributed by atoms with Gasteiger partial charge >= 0.3 is 0 Å². The van der Waals surface area contributed by atoms with E-state index in [4.69, 9.17) is 10.00 Å². The van der Waals surface area contributed by atoms with Gasteiger partial charge in [-0.05, 0) is 31.0 Å². The maximum atomic E-state index is 9.90. The van der Waals surface area contributed by atoms with Gasteiger partial charge in [0.25, 0.3) is 0 Å². The molecule has 21 heavy (non-hydrogen) atoms. The van der Waals surface area contributed by atoms with Crippen molar-refractivity contribution in [1.29, 1.82) is 5.26 Å². The van der Waals surface area contributed by atoms with Gasteiger partial charge in [0.05, 0.1) is 5.56 Å². The number of nitrogens with one attached hydrogen (secondary N) is 1. The lowest BCUT2D eigenvalue weighted by Gasteiger charge is -2.15. The van der Waals surface area contributed by atoms with Gasteiger partial charge in [0.2, 0.25) is 0 Å². The molecule has 0 aliphatic heterocycles. The van der Waals surface area contributed by atoms with Crippen molar-refractivity contribution in [3.05, 3.63) is 29.8 Å². The quantitative estimate of drug-likeness (QED) is 0.721. The fourth-order valence-corrected chi connectivity index (χ4v) is 2.80. The normalized spacial score (nSPS) is 16.6. The first kappa shape index (κ1) is 15.8. The molecule has 1 aromatic rings. The van der Waals surface area contributed by atoms with Crippen LogP contribution in [0.3, 0.4) is 0 Å². The van der Waals surface area contributed by atoms with Crippen molar-refractivity contribution in [3.8, 4) is 11.8 Å². The van der Waals surface area contributed by atoms with Crippen molar-refractivity contribution in [2.45, 2.75) is 38.2 Å². The minimum Gasteiger partial charge on any atom is -0.489 e. The van der Waals surface area contributed by atoms with E-state index >= 15 is 0 Å². The van der Waals surface area contributed by atoms with Gasteiger partial charge in [-0.3, -0.25) is 0 Å². The third-order valence-corrected chi connectivity index (χ3v) is 4.02. The molecule has 1 aliphatic rings. The van der Waals surface area contributed by atoms with Gasteiger partial charge in [0, 0.05) is 6.54 Å². The molecule has 1 aromatic carbocycles. The summed E-state index contributed by atoms with van der Waals surface area (Å²) in [6, 6.07) is 9.16. The van der Waals surface area contributed by atoms with Crippen LogP contribution in [0.1, 0.15) is 37.7 Å². The van der Waals surface area contributed by atoms with Crippen molar-refractivity contribution in [2.75, 3.05) is 19.7 Å². The Labute approximate surface area is 126 Å². The highest BCUT2D eigenvalue weighted by molar-refractivity contribution is 5.42. The molecule has 0 bridgehead atoms. The fraction of sp³-hybridized carbons (Fsp3) is 0.588. The first-order valence-electron chi connectivity index (χ1n) is 7.80. The molecule has 0 heterocycles. The molecule has 2 N–H and O–H groups in total. The van der Waals surface area contributed by atoms with Crippen LogP contribution in [0, 0.1) is 17.2 Å². The minimum atomic E-state index is -0.555. The summed E-state index contributed by atoms with van der Waals surface area (Å²) >= 11 is 0. The van der Waals surface area contributed by atoms with Gasteiger partial charge in [0.1, 0.15) is 24.5 Å². The summed E-state index contributed by atoms with van der Waals surface area (Å²) in [6.45, 7) is 1.69. The van der Waals surface area contributed by atoms with E-state index in [1.165, 1.54) is 32.1 Å². The number of aliphatic hydroxyl groups excluding tert-OH is 1. The molecule has 0 saturated heterocycles. The van der Waals surface area contributed by atoms with Crippen LogP contribution >= 0.6 is 0 Å². The van der Waals surface area contributed by atoms with Crippen molar-refractivity contribution in [2.24, 2.45) is 5.92 Å². The molecule has 1 unspecified atom stereocenters. The Kier molecular flexibility index (Phi) is 6.52. The molecule has 1 saturated carbocycles. The first-order valence-corrected chi connectivity index (χ1v) is 7.80. The largest absolute Gasteiger partial charge is 0.489 e. The average molecular weight is 288 g/mol. The third-order valence-electron chi connectivity index (χ3n) is 4.02. The highest BCUT2D eigenvalue weighted by Gasteiger charge is 2.14. The van der Waals surface area contributed by atoms with Crippen LogP contribution in [0.15, 0.2) is 24.3 Å². The number of hydrogen-bond donors (Lipinski definition) is 2. The van der Waals surface area contributed by atoms with Gasteiger partial charge in [-0.25, -0.2) is 0 Å². The highest BCUT2D eigenvalue weighted by atomic mass is 16.5. The van der Waals surface area contributed by atoms with Crippen molar-refractivity contribution in [3.63, 3.8) is 0 Å². The zero-order valence-electron chi connectivity index (χ0n) is 12.4. The molecule has 0 radical (unpaired) electrons. The van der Waals surface area contributed by atoms with Gasteiger partial charge in [-0.2, -0.15) is 5.26 Å². The second kappa shape index (κ2) is 8.66. The van der Waals surface area contributed by atoms with E-state index in [2.05, 4.69) is 11.4 Å². The number of hydrogen-bond acceptors (Lipinski definition) is 4. The lowest BCUT2D eigenvalue weighted by Crippen LogP contribution is -2.32. The maximum absolute atomic E-state index is 9.90. The topological polar surface area (TPSA) is 65.3 Å². The Balaban J connectivity index is 1.61. The second-order valence-electron chi connectivity index (χ2n) is 5.72. The van der Waals surface area contributed by atoms with Gasteiger partial charge in [-0.1, -0.05) is 37.8 Å². The van der Waals surface area contributed by atoms with Crippen molar-refractivity contribution < 1.29 is 9.84 Å². The maximum Gasteiger partial charge on any atom is 0.137 e. The Morgan fingerprint density at radius 2 is 2.10 bits per heavy atom. The predicted molar refractivity (Wildman–Crippen MR) is 82.1 cm³/mol. The van der Waals surface area contributed by atoms with Gasteiger partial charge in [-0.15, -0.1) is 0 Å². The molecular weight excluding hydrogens is 264 g/mol. The predicted octanol–water partition coefficient (Wildman–Crippen LogP) is 2.47. The molecule has 0 amide bonds. The summed E-state index contributed by atoms with van der Waals surface area (Å²) in [4.78, 5) is 0. The summed E-state index contributed by atoms with van der Waals surface area (Å²) < 4.78 is 5.51. The number of aliphatic hydroxyl groups is 1. The van der Waals surface area contributed by atoms with E-state index in [0.717, 1.165) is 12.5 Å². The zero-order chi connectivity index (χ0) is 14.9. The molecule has 4 heteroatoms. The van der Waals surface area contributed by atoms with Gasteiger partial charge in [0.15, 0.2) is 0 Å². The molecule has 1 aliphatic carbocycles. The van der Waals surface area contributed by atoms with Crippen molar-refractivity contribution in [1.82, 2.24) is 5.32 Å². The summed E-state index contributed by atoms with van der Waals surface area (Å²) in [5, 5.41) is 22.1. The second-order valence-corrected chi connectivity index (χ2v) is 5.72. The van der Waals surface area contributed by atoms with E-state index in [1.54, 1.807) is 18.2 Å². The lowest BCUT2D eigenvalue weighted by molar-refractivity contribution is 0.106. The summed E-state index contributed by atoms with van der Waals surface area (Å²) in [7, 11) is 0. The summed E-state index contributed by atoms with van der Waals surface area (Å²) in [6.07, 6.45) is 6.11. The Bertz CT molecular complexity index is 464. The number of rotatable bonds is 8. The van der Waals surface area contributed by atoms with Crippen LogP contribution in [0.4, 0.5) is 0 Å². The van der Waals surface area contributed by atoms with Crippen LogP contribution in [0.2, 0.25) is 0 Å². The molecule has 0 spiro atoms. The first-order chi connectivity index (χ1) is 10.3. The summed E-state index contributed by atoms with van der Waals surface area (Å²) in [5.41, 5.74) is 0.499. The number of benzene rings is 1. The van der Waals surface area contributed by atoms with E-state index in [1.807, 2.05) is 6.07 Å². The molecule has 1 atom stereocenters. The number of nitriles is 1. The molecule has 2 rings (SSSR count). The third kappa shape index (κ3) is 5.37. The van der Waals surface area contributed by atoms with E-state index in [9.17, 15) is 5.11 Å².